The largest absolute Gasteiger partial charge is 0.448 e. The standard InChI is InChI=1S/C15H17N3O2/c1-12-16-14(11-20-12)15(19)18-9-7-17(8-10-18)13-5-3-2-4-6-13/h2-6,11H,7-10H2,1H3. The van der Waals surface area contributed by atoms with Crippen LogP contribution in [0.5, 0.6) is 0 Å². The van der Waals surface area contributed by atoms with Gasteiger partial charge in [0.15, 0.2) is 11.6 Å². The number of amides is 1. The minimum absolute atomic E-state index is 0.0467. The number of piperazine rings is 1. The second-order valence-electron chi connectivity index (χ2n) is 4.87. The van der Waals surface area contributed by atoms with E-state index in [4.69, 9.17) is 4.42 Å². The summed E-state index contributed by atoms with van der Waals surface area (Å²) < 4.78 is 5.10. The second-order valence-corrected chi connectivity index (χ2v) is 4.87. The molecule has 1 aromatic heterocycles. The van der Waals surface area contributed by atoms with Gasteiger partial charge >= 0.3 is 0 Å². The number of nitrogens with zero attached hydrogens (tertiary/aromatic N) is 3. The number of anilines is 1. The number of aryl methyl sites for hydroxylation is 1. The second kappa shape index (κ2) is 5.36. The lowest BCUT2D eigenvalue weighted by molar-refractivity contribution is 0.0741. The van der Waals surface area contributed by atoms with Crippen LogP contribution in [0.2, 0.25) is 0 Å². The monoisotopic (exact) mass is 271 g/mol. The molecule has 1 aliphatic heterocycles. The van der Waals surface area contributed by atoms with Gasteiger partial charge in [0.25, 0.3) is 5.91 Å². The lowest BCUT2D eigenvalue weighted by atomic mass is 10.2. The van der Waals surface area contributed by atoms with Crippen LogP contribution < -0.4 is 4.90 Å². The third kappa shape index (κ3) is 2.52. The zero-order valence-electron chi connectivity index (χ0n) is 11.5. The van der Waals surface area contributed by atoms with Crippen molar-refractivity contribution in [2.45, 2.75) is 6.92 Å². The maximum absolute atomic E-state index is 12.2. The van der Waals surface area contributed by atoms with Crippen LogP contribution in [0.15, 0.2) is 41.0 Å². The summed E-state index contributed by atoms with van der Waals surface area (Å²) in [5.74, 6) is 0.478. The molecule has 3 rings (SSSR count). The molecule has 5 heteroatoms. The van der Waals surface area contributed by atoms with Crippen molar-refractivity contribution >= 4 is 11.6 Å². The molecule has 0 saturated carbocycles. The van der Waals surface area contributed by atoms with Crippen molar-refractivity contribution in [1.29, 1.82) is 0 Å². The first-order chi connectivity index (χ1) is 9.74. The van der Waals surface area contributed by atoms with Crippen LogP contribution in [-0.2, 0) is 0 Å². The molecule has 1 aliphatic rings. The summed E-state index contributed by atoms with van der Waals surface area (Å²) in [7, 11) is 0. The number of aromatic nitrogens is 1. The Hall–Kier alpha value is -2.30. The first-order valence-electron chi connectivity index (χ1n) is 6.75. The Labute approximate surface area is 117 Å². The molecule has 104 valence electrons. The van der Waals surface area contributed by atoms with E-state index in [1.54, 1.807) is 6.92 Å². The molecule has 2 heterocycles. The molecule has 1 fully saturated rings. The molecule has 20 heavy (non-hydrogen) atoms. The molecule has 2 aromatic rings. The number of rotatable bonds is 2. The fourth-order valence-electron chi connectivity index (χ4n) is 2.43. The van der Waals surface area contributed by atoms with E-state index in [1.807, 2.05) is 23.1 Å². The SMILES string of the molecule is Cc1nc(C(=O)N2CCN(c3ccccc3)CC2)co1. The van der Waals surface area contributed by atoms with Crippen molar-refractivity contribution in [3.63, 3.8) is 0 Å². The Balaban J connectivity index is 1.63. The van der Waals surface area contributed by atoms with Gasteiger partial charge in [0, 0.05) is 38.8 Å². The van der Waals surface area contributed by atoms with E-state index in [-0.39, 0.29) is 5.91 Å². The average Bonchev–Trinajstić information content (AvgIpc) is 2.94. The predicted octanol–water partition coefficient (Wildman–Crippen LogP) is 1.95. The summed E-state index contributed by atoms with van der Waals surface area (Å²) in [6.45, 7) is 4.84. The van der Waals surface area contributed by atoms with Gasteiger partial charge in [-0.3, -0.25) is 4.79 Å². The molecule has 0 radical (unpaired) electrons. The van der Waals surface area contributed by atoms with Gasteiger partial charge in [-0.25, -0.2) is 4.98 Å². The fourth-order valence-corrected chi connectivity index (χ4v) is 2.43. The molecule has 0 atom stereocenters. The van der Waals surface area contributed by atoms with Crippen LogP contribution in [0.25, 0.3) is 0 Å². The van der Waals surface area contributed by atoms with Gasteiger partial charge in [0.1, 0.15) is 6.26 Å². The zero-order chi connectivity index (χ0) is 13.9. The van der Waals surface area contributed by atoms with Crippen LogP contribution in [-0.4, -0.2) is 42.0 Å². The van der Waals surface area contributed by atoms with Crippen LogP contribution in [0, 0.1) is 6.92 Å². The van der Waals surface area contributed by atoms with Gasteiger partial charge in [0.05, 0.1) is 0 Å². The van der Waals surface area contributed by atoms with Gasteiger partial charge < -0.3 is 14.2 Å². The lowest BCUT2D eigenvalue weighted by Gasteiger charge is -2.35. The number of carbonyl (C=O) groups excluding carboxylic acids is 1. The fraction of sp³-hybridized carbons (Fsp3) is 0.333. The molecule has 0 bridgehead atoms. The molecule has 5 nitrogen and oxygen atoms in total. The van der Waals surface area contributed by atoms with Crippen LogP contribution in [0.3, 0.4) is 0 Å². The van der Waals surface area contributed by atoms with E-state index in [0.717, 1.165) is 13.1 Å². The predicted molar refractivity (Wildman–Crippen MR) is 75.8 cm³/mol. The van der Waals surface area contributed by atoms with Gasteiger partial charge in [-0.1, -0.05) is 18.2 Å². The Kier molecular flexibility index (Phi) is 3.41. The minimum atomic E-state index is -0.0467. The summed E-state index contributed by atoms with van der Waals surface area (Å²) >= 11 is 0. The van der Waals surface area contributed by atoms with E-state index in [0.29, 0.717) is 24.7 Å². The quantitative estimate of drug-likeness (QED) is 0.837. The van der Waals surface area contributed by atoms with E-state index >= 15 is 0 Å². The van der Waals surface area contributed by atoms with E-state index in [9.17, 15) is 4.79 Å². The van der Waals surface area contributed by atoms with E-state index < -0.39 is 0 Å². The van der Waals surface area contributed by atoms with Crippen LogP contribution >= 0.6 is 0 Å². The number of para-hydroxylation sites is 1. The van der Waals surface area contributed by atoms with Crippen LogP contribution in [0.4, 0.5) is 5.69 Å². The molecule has 1 aromatic carbocycles. The van der Waals surface area contributed by atoms with Crippen molar-refractivity contribution in [2.24, 2.45) is 0 Å². The summed E-state index contributed by atoms with van der Waals surface area (Å²) in [5.41, 5.74) is 1.60. The smallest absolute Gasteiger partial charge is 0.275 e. The van der Waals surface area contributed by atoms with Gasteiger partial charge in [-0.15, -0.1) is 0 Å². The highest BCUT2D eigenvalue weighted by atomic mass is 16.3. The highest BCUT2D eigenvalue weighted by Gasteiger charge is 2.24. The van der Waals surface area contributed by atoms with Gasteiger partial charge in [-0.05, 0) is 12.1 Å². The van der Waals surface area contributed by atoms with Crippen LogP contribution in [0.1, 0.15) is 16.4 Å². The average molecular weight is 271 g/mol. The normalized spacial score (nSPS) is 15.4. The summed E-state index contributed by atoms with van der Waals surface area (Å²) in [6, 6.07) is 10.3. The Morgan fingerprint density at radius 1 is 1.15 bits per heavy atom. The number of hydrogen-bond acceptors (Lipinski definition) is 4. The molecule has 1 amide bonds. The van der Waals surface area contributed by atoms with E-state index in [1.165, 1.54) is 12.0 Å². The molecule has 0 aliphatic carbocycles. The maximum Gasteiger partial charge on any atom is 0.275 e. The highest BCUT2D eigenvalue weighted by molar-refractivity contribution is 5.92. The third-order valence-electron chi connectivity index (χ3n) is 3.53. The first kappa shape index (κ1) is 12.7. The number of hydrogen-bond donors (Lipinski definition) is 0. The number of benzene rings is 1. The number of oxazole rings is 1. The Bertz CT molecular complexity index is 586. The van der Waals surface area contributed by atoms with E-state index in [2.05, 4.69) is 22.0 Å². The lowest BCUT2D eigenvalue weighted by Crippen LogP contribution is -2.48. The highest BCUT2D eigenvalue weighted by Crippen LogP contribution is 2.16. The van der Waals surface area contributed by atoms with Crippen molar-refractivity contribution in [1.82, 2.24) is 9.88 Å². The van der Waals surface area contributed by atoms with Crippen molar-refractivity contribution < 1.29 is 9.21 Å². The minimum Gasteiger partial charge on any atom is -0.448 e. The Morgan fingerprint density at radius 2 is 1.85 bits per heavy atom. The molecule has 0 unspecified atom stereocenters. The summed E-state index contributed by atoms with van der Waals surface area (Å²) in [5, 5.41) is 0. The van der Waals surface area contributed by atoms with Crippen molar-refractivity contribution in [3.05, 3.63) is 48.2 Å². The van der Waals surface area contributed by atoms with Crippen molar-refractivity contribution in [2.75, 3.05) is 31.1 Å². The van der Waals surface area contributed by atoms with Crippen molar-refractivity contribution in [3.8, 4) is 0 Å². The molecular formula is C15H17N3O2. The van der Waals surface area contributed by atoms with Gasteiger partial charge in [-0.2, -0.15) is 0 Å². The topological polar surface area (TPSA) is 49.6 Å². The third-order valence-corrected chi connectivity index (χ3v) is 3.53. The molecule has 0 N–H and O–H groups in total. The van der Waals surface area contributed by atoms with Gasteiger partial charge in [0.2, 0.25) is 0 Å². The zero-order valence-corrected chi connectivity index (χ0v) is 11.5. The molecule has 0 spiro atoms. The molecule has 1 saturated heterocycles. The first-order valence-corrected chi connectivity index (χ1v) is 6.75. The molecular weight excluding hydrogens is 254 g/mol. The Morgan fingerprint density at radius 3 is 2.45 bits per heavy atom. The maximum atomic E-state index is 12.2. The number of carbonyl (C=O) groups is 1. The summed E-state index contributed by atoms with van der Waals surface area (Å²) in [6.07, 6.45) is 1.43. The summed E-state index contributed by atoms with van der Waals surface area (Å²) in [4.78, 5) is 20.5.